The highest BCUT2D eigenvalue weighted by Crippen LogP contribution is 2.69. The first-order valence-corrected chi connectivity index (χ1v) is 18.5. The SMILES string of the molecule is COc1cc2c3c(c4c(c2cc1OC)-c1ccc(C(F)(F)F)cc1C41CC2CCC1C2)C=CC(c1ccccc1)(c1ccc(N2CCCC2)cc1)O3. The van der Waals surface area contributed by atoms with Crippen molar-refractivity contribution in [3.63, 3.8) is 0 Å². The Hall–Kier alpha value is -4.91. The van der Waals surface area contributed by atoms with Crippen LogP contribution in [0.5, 0.6) is 17.2 Å². The number of methoxy groups -OCH3 is 2. The molecule has 2 aliphatic heterocycles. The largest absolute Gasteiger partial charge is 0.493 e. The zero-order valence-corrected chi connectivity index (χ0v) is 29.4. The molecule has 0 radical (unpaired) electrons. The molecule has 0 aromatic heterocycles. The molecule has 52 heavy (non-hydrogen) atoms. The Labute approximate surface area is 301 Å². The molecule has 7 heteroatoms. The molecule has 2 heterocycles. The molecule has 4 unspecified atom stereocenters. The molecule has 5 aliphatic rings. The number of rotatable bonds is 5. The first-order valence-electron chi connectivity index (χ1n) is 18.5. The van der Waals surface area contributed by atoms with Gasteiger partial charge in [0.2, 0.25) is 0 Å². The predicted molar refractivity (Wildman–Crippen MR) is 198 cm³/mol. The topological polar surface area (TPSA) is 30.9 Å². The van der Waals surface area contributed by atoms with Gasteiger partial charge in [-0.3, -0.25) is 0 Å². The third-order valence-electron chi connectivity index (χ3n) is 12.9. The molecular formula is C45H40F3NO3. The Balaban J connectivity index is 1.27. The van der Waals surface area contributed by atoms with Gasteiger partial charge in [-0.25, -0.2) is 0 Å². The van der Waals surface area contributed by atoms with Gasteiger partial charge in [-0.05, 0) is 114 Å². The minimum absolute atomic E-state index is 0.245. The molecule has 4 nitrogen and oxygen atoms in total. The highest BCUT2D eigenvalue weighted by Gasteiger charge is 2.59. The highest BCUT2D eigenvalue weighted by molar-refractivity contribution is 6.10. The number of anilines is 1. The van der Waals surface area contributed by atoms with Gasteiger partial charge in [0.15, 0.2) is 17.1 Å². The van der Waals surface area contributed by atoms with Crippen LogP contribution in [0, 0.1) is 11.8 Å². The van der Waals surface area contributed by atoms with Crippen LogP contribution in [0.1, 0.15) is 71.9 Å². The second-order valence-corrected chi connectivity index (χ2v) is 15.3. The predicted octanol–water partition coefficient (Wildman–Crippen LogP) is 10.9. The zero-order chi connectivity index (χ0) is 35.4. The van der Waals surface area contributed by atoms with Crippen LogP contribution in [0.3, 0.4) is 0 Å². The Kier molecular flexibility index (Phi) is 6.91. The van der Waals surface area contributed by atoms with Gasteiger partial charge in [-0.1, -0.05) is 61.0 Å². The number of hydrogen-bond donors (Lipinski definition) is 0. The molecule has 3 aliphatic carbocycles. The molecule has 1 saturated heterocycles. The maximum absolute atomic E-state index is 14.4. The second kappa shape index (κ2) is 11.3. The lowest BCUT2D eigenvalue weighted by Gasteiger charge is -2.41. The molecule has 2 saturated carbocycles. The number of ether oxygens (including phenoxy) is 3. The summed E-state index contributed by atoms with van der Waals surface area (Å²) in [5, 5.41) is 1.74. The van der Waals surface area contributed by atoms with Gasteiger partial charge < -0.3 is 19.1 Å². The van der Waals surface area contributed by atoms with Gasteiger partial charge in [-0.15, -0.1) is 0 Å². The molecule has 3 fully saturated rings. The molecule has 5 aromatic rings. The molecule has 1 spiro atoms. The second-order valence-electron chi connectivity index (χ2n) is 15.3. The van der Waals surface area contributed by atoms with Gasteiger partial charge in [0, 0.05) is 46.3 Å². The third kappa shape index (κ3) is 4.34. The van der Waals surface area contributed by atoms with Crippen LogP contribution in [-0.4, -0.2) is 27.3 Å². The van der Waals surface area contributed by atoms with E-state index in [-0.39, 0.29) is 5.92 Å². The van der Waals surface area contributed by atoms with E-state index < -0.39 is 22.8 Å². The quantitative estimate of drug-likeness (QED) is 0.183. The van der Waals surface area contributed by atoms with E-state index in [9.17, 15) is 13.2 Å². The van der Waals surface area contributed by atoms with Crippen LogP contribution in [0.15, 0.2) is 91.0 Å². The fraction of sp³-hybridized carbons (Fsp3) is 0.333. The summed E-state index contributed by atoms with van der Waals surface area (Å²) in [6.45, 7) is 2.12. The van der Waals surface area contributed by atoms with Crippen molar-refractivity contribution in [3.05, 3.63) is 124 Å². The molecule has 0 amide bonds. The van der Waals surface area contributed by atoms with E-state index >= 15 is 0 Å². The number of benzene rings is 5. The van der Waals surface area contributed by atoms with E-state index in [4.69, 9.17) is 14.2 Å². The fourth-order valence-electron chi connectivity index (χ4n) is 10.7. The van der Waals surface area contributed by atoms with Gasteiger partial charge in [0.05, 0.1) is 19.8 Å². The van der Waals surface area contributed by atoms with E-state index in [1.54, 1.807) is 20.3 Å². The Morgan fingerprint density at radius 3 is 2.17 bits per heavy atom. The summed E-state index contributed by atoms with van der Waals surface area (Å²) in [6.07, 6.45) is 6.32. The van der Waals surface area contributed by atoms with Crippen LogP contribution in [0.4, 0.5) is 18.9 Å². The highest BCUT2D eigenvalue weighted by atomic mass is 19.4. The third-order valence-corrected chi connectivity index (χ3v) is 12.9. The maximum atomic E-state index is 14.4. The van der Waals surface area contributed by atoms with Crippen molar-refractivity contribution < 1.29 is 27.4 Å². The summed E-state index contributed by atoms with van der Waals surface area (Å²) < 4.78 is 62.5. The Morgan fingerprint density at radius 2 is 1.52 bits per heavy atom. The summed E-state index contributed by atoms with van der Waals surface area (Å²) in [7, 11) is 3.24. The van der Waals surface area contributed by atoms with E-state index in [1.807, 2.05) is 30.3 Å². The molecule has 10 rings (SSSR count). The van der Waals surface area contributed by atoms with Crippen LogP contribution in [0.2, 0.25) is 0 Å². The van der Waals surface area contributed by atoms with Crippen molar-refractivity contribution in [2.75, 3.05) is 32.2 Å². The zero-order valence-electron chi connectivity index (χ0n) is 29.4. The summed E-state index contributed by atoms with van der Waals surface area (Å²) in [6, 6.07) is 27.5. The number of halogens is 3. The summed E-state index contributed by atoms with van der Waals surface area (Å²) in [5.41, 5.74) is 5.84. The lowest BCUT2D eigenvalue weighted by atomic mass is 9.65. The minimum Gasteiger partial charge on any atom is -0.493 e. The van der Waals surface area contributed by atoms with Crippen molar-refractivity contribution >= 4 is 22.5 Å². The lowest BCUT2D eigenvalue weighted by molar-refractivity contribution is -0.137. The first-order chi connectivity index (χ1) is 25.2. The lowest BCUT2D eigenvalue weighted by Crippen LogP contribution is -2.36. The summed E-state index contributed by atoms with van der Waals surface area (Å²) in [5.74, 6) is 2.57. The number of hydrogen-bond acceptors (Lipinski definition) is 4. The van der Waals surface area contributed by atoms with Gasteiger partial charge in [0.1, 0.15) is 5.75 Å². The van der Waals surface area contributed by atoms with Gasteiger partial charge in [-0.2, -0.15) is 13.2 Å². The van der Waals surface area contributed by atoms with Crippen LogP contribution in [-0.2, 0) is 17.2 Å². The number of nitrogens with zero attached hydrogens (tertiary/aromatic N) is 1. The molecular weight excluding hydrogens is 659 g/mol. The Morgan fingerprint density at radius 1 is 0.808 bits per heavy atom. The smallest absolute Gasteiger partial charge is 0.416 e. The van der Waals surface area contributed by atoms with E-state index in [0.717, 1.165) is 94.2 Å². The van der Waals surface area contributed by atoms with Gasteiger partial charge >= 0.3 is 6.18 Å². The van der Waals surface area contributed by atoms with Crippen LogP contribution < -0.4 is 19.1 Å². The summed E-state index contributed by atoms with van der Waals surface area (Å²) in [4.78, 5) is 2.43. The summed E-state index contributed by atoms with van der Waals surface area (Å²) >= 11 is 0. The van der Waals surface area contributed by atoms with Crippen molar-refractivity contribution in [2.24, 2.45) is 11.8 Å². The minimum atomic E-state index is -4.44. The number of alkyl halides is 3. The molecule has 0 N–H and O–H groups in total. The monoisotopic (exact) mass is 699 g/mol. The van der Waals surface area contributed by atoms with Crippen LogP contribution in [0.25, 0.3) is 28.0 Å². The molecule has 2 bridgehead atoms. The van der Waals surface area contributed by atoms with Gasteiger partial charge in [0.25, 0.3) is 0 Å². The maximum Gasteiger partial charge on any atom is 0.416 e. The van der Waals surface area contributed by atoms with E-state index in [1.165, 1.54) is 30.7 Å². The van der Waals surface area contributed by atoms with Crippen molar-refractivity contribution in [2.45, 2.75) is 55.7 Å². The van der Waals surface area contributed by atoms with Crippen molar-refractivity contribution in [1.82, 2.24) is 0 Å². The molecule has 5 aromatic carbocycles. The van der Waals surface area contributed by atoms with Crippen molar-refractivity contribution in [1.29, 1.82) is 0 Å². The Bertz CT molecular complexity index is 2270. The first kappa shape index (κ1) is 31.8. The molecule has 264 valence electrons. The molecule has 4 atom stereocenters. The van der Waals surface area contributed by atoms with Crippen LogP contribution >= 0.6 is 0 Å². The van der Waals surface area contributed by atoms with Crippen molar-refractivity contribution in [3.8, 4) is 28.4 Å². The fourth-order valence-corrected chi connectivity index (χ4v) is 10.7. The number of fused-ring (bicyclic) bond motifs is 13. The standard InChI is InChI=1S/C45H40F3NO3/c1-50-38-24-35-36(25-39(38)51-2)42-34(41-40(35)33-17-14-31(45(46,47)48)23-37(33)43(41)26-27-10-11-30(43)22-27)18-19-44(52-42,28-8-4-3-5-9-28)29-12-15-32(16-13-29)49-20-6-7-21-49/h3-5,8-9,12-19,23-25,27,30H,6-7,10-11,20-22,26H2,1-2H3. The van der Waals surface area contributed by atoms with E-state index in [0.29, 0.717) is 17.4 Å². The normalized spacial score (nSPS) is 25.4. The average Bonchev–Trinajstić information content (AvgIpc) is 4.00. The van der Waals surface area contributed by atoms with E-state index in [2.05, 4.69) is 53.5 Å². The average molecular weight is 700 g/mol.